The molecule has 20 heavy (non-hydrogen) atoms. The number of alkyl halides is 1. The van der Waals surface area contributed by atoms with Gasteiger partial charge in [-0.3, -0.25) is 4.79 Å². The SMILES string of the molecule is COC(=O)C1CC(OCCF)C(=O)N1C(=O)OC(C)C. The maximum Gasteiger partial charge on any atom is 0.417 e. The molecule has 2 unspecified atom stereocenters. The lowest BCUT2D eigenvalue weighted by Crippen LogP contribution is -2.45. The second kappa shape index (κ2) is 7.18. The molecule has 0 spiro atoms. The zero-order valence-corrected chi connectivity index (χ0v) is 11.6. The van der Waals surface area contributed by atoms with Gasteiger partial charge in [0.15, 0.2) is 0 Å². The Morgan fingerprint density at radius 3 is 2.60 bits per heavy atom. The third-order valence-electron chi connectivity index (χ3n) is 2.66. The highest BCUT2D eigenvalue weighted by Crippen LogP contribution is 2.24. The predicted octanol–water partition coefficient (Wildman–Crippen LogP) is 0.660. The van der Waals surface area contributed by atoms with Crippen molar-refractivity contribution in [1.82, 2.24) is 4.90 Å². The molecule has 1 fully saturated rings. The summed E-state index contributed by atoms with van der Waals surface area (Å²) in [7, 11) is 1.15. The lowest BCUT2D eigenvalue weighted by molar-refractivity contribution is -0.148. The van der Waals surface area contributed by atoms with Gasteiger partial charge in [-0.15, -0.1) is 0 Å². The summed E-state index contributed by atoms with van der Waals surface area (Å²) >= 11 is 0. The van der Waals surface area contributed by atoms with Crippen molar-refractivity contribution in [3.63, 3.8) is 0 Å². The Kier molecular flexibility index (Phi) is 5.87. The molecule has 8 heteroatoms. The van der Waals surface area contributed by atoms with E-state index in [4.69, 9.17) is 9.47 Å². The van der Waals surface area contributed by atoms with Crippen LogP contribution in [-0.4, -0.2) is 61.5 Å². The number of hydrogen-bond donors (Lipinski definition) is 0. The highest BCUT2D eigenvalue weighted by molar-refractivity contribution is 6.01. The van der Waals surface area contributed by atoms with Gasteiger partial charge < -0.3 is 14.2 Å². The Bertz CT molecular complexity index is 386. The smallest absolute Gasteiger partial charge is 0.417 e. The standard InChI is InChI=1S/C12H18FNO6/c1-7(2)20-12(17)14-8(11(16)18-3)6-9(10(14)15)19-5-4-13/h7-9H,4-6H2,1-3H3. The van der Waals surface area contributed by atoms with E-state index < -0.39 is 42.9 Å². The minimum Gasteiger partial charge on any atom is -0.467 e. The topological polar surface area (TPSA) is 82.1 Å². The summed E-state index contributed by atoms with van der Waals surface area (Å²) in [6, 6.07) is -1.11. The molecule has 1 aliphatic heterocycles. The molecular weight excluding hydrogens is 273 g/mol. The Labute approximate surface area is 115 Å². The van der Waals surface area contributed by atoms with Gasteiger partial charge in [0, 0.05) is 6.42 Å². The molecule has 114 valence electrons. The number of nitrogens with zero attached hydrogens (tertiary/aromatic N) is 1. The Morgan fingerprint density at radius 2 is 2.10 bits per heavy atom. The highest BCUT2D eigenvalue weighted by atomic mass is 19.1. The number of halogens is 1. The quantitative estimate of drug-likeness (QED) is 0.692. The van der Waals surface area contributed by atoms with Crippen LogP contribution in [0.3, 0.4) is 0 Å². The molecule has 7 nitrogen and oxygen atoms in total. The molecule has 2 amide bonds. The number of hydrogen-bond acceptors (Lipinski definition) is 6. The van der Waals surface area contributed by atoms with Crippen molar-refractivity contribution in [3.05, 3.63) is 0 Å². The Balaban J connectivity index is 2.87. The molecule has 0 aromatic heterocycles. The molecular formula is C12H18FNO6. The zero-order chi connectivity index (χ0) is 15.3. The first-order valence-corrected chi connectivity index (χ1v) is 6.21. The Morgan fingerprint density at radius 1 is 1.45 bits per heavy atom. The highest BCUT2D eigenvalue weighted by Gasteiger charge is 2.48. The summed E-state index contributed by atoms with van der Waals surface area (Å²) in [6.07, 6.45) is -2.50. The van der Waals surface area contributed by atoms with E-state index in [0.29, 0.717) is 4.90 Å². The number of likely N-dealkylation sites (tertiary alicyclic amines) is 1. The van der Waals surface area contributed by atoms with Crippen molar-refractivity contribution in [2.75, 3.05) is 20.4 Å². The lowest BCUT2D eigenvalue weighted by atomic mass is 10.2. The van der Waals surface area contributed by atoms with Crippen LogP contribution >= 0.6 is 0 Å². The summed E-state index contributed by atoms with van der Waals surface area (Å²) in [4.78, 5) is 36.2. The summed E-state index contributed by atoms with van der Waals surface area (Å²) in [5.74, 6) is -1.47. The number of imide groups is 1. The van der Waals surface area contributed by atoms with Gasteiger partial charge in [-0.05, 0) is 13.8 Å². The fourth-order valence-electron chi connectivity index (χ4n) is 1.86. The maximum absolute atomic E-state index is 12.1. The average Bonchev–Trinajstić information content (AvgIpc) is 2.71. The van der Waals surface area contributed by atoms with Gasteiger partial charge in [0.1, 0.15) is 18.8 Å². The van der Waals surface area contributed by atoms with Crippen LogP contribution in [0.1, 0.15) is 20.3 Å². The molecule has 1 aliphatic rings. The fraction of sp³-hybridized carbons (Fsp3) is 0.750. The van der Waals surface area contributed by atoms with Crippen molar-refractivity contribution >= 4 is 18.0 Å². The lowest BCUT2D eigenvalue weighted by Gasteiger charge is -2.21. The van der Waals surface area contributed by atoms with Crippen molar-refractivity contribution in [1.29, 1.82) is 0 Å². The van der Waals surface area contributed by atoms with E-state index in [-0.39, 0.29) is 13.0 Å². The average molecular weight is 291 g/mol. The summed E-state index contributed by atoms with van der Waals surface area (Å²) < 4.78 is 26.5. The normalized spacial score (nSPS) is 22.2. The van der Waals surface area contributed by atoms with Gasteiger partial charge in [0.25, 0.3) is 5.91 Å². The maximum atomic E-state index is 12.1. The van der Waals surface area contributed by atoms with Crippen molar-refractivity contribution in [2.24, 2.45) is 0 Å². The second-order valence-corrected chi connectivity index (χ2v) is 4.46. The molecule has 1 heterocycles. The third kappa shape index (κ3) is 3.66. The van der Waals surface area contributed by atoms with Crippen LogP contribution in [0.5, 0.6) is 0 Å². The van der Waals surface area contributed by atoms with Crippen molar-refractivity contribution in [3.8, 4) is 0 Å². The van der Waals surface area contributed by atoms with Gasteiger partial charge >= 0.3 is 12.1 Å². The minimum absolute atomic E-state index is 0.0707. The molecule has 0 radical (unpaired) electrons. The summed E-state index contributed by atoms with van der Waals surface area (Å²) in [6.45, 7) is 2.19. The number of amides is 2. The third-order valence-corrected chi connectivity index (χ3v) is 2.66. The van der Waals surface area contributed by atoms with E-state index in [1.807, 2.05) is 0 Å². The molecule has 0 aromatic carbocycles. The largest absolute Gasteiger partial charge is 0.467 e. The van der Waals surface area contributed by atoms with Crippen molar-refractivity contribution < 1.29 is 33.0 Å². The monoisotopic (exact) mass is 291 g/mol. The number of methoxy groups -OCH3 is 1. The fourth-order valence-corrected chi connectivity index (χ4v) is 1.86. The first-order chi connectivity index (χ1) is 9.42. The van der Waals surface area contributed by atoms with Crippen LogP contribution < -0.4 is 0 Å². The van der Waals surface area contributed by atoms with E-state index in [9.17, 15) is 18.8 Å². The van der Waals surface area contributed by atoms with Crippen LogP contribution in [0, 0.1) is 0 Å². The van der Waals surface area contributed by atoms with Crippen LogP contribution in [0.15, 0.2) is 0 Å². The number of carbonyl (C=O) groups is 3. The van der Waals surface area contributed by atoms with Crippen LogP contribution in [0.2, 0.25) is 0 Å². The van der Waals surface area contributed by atoms with E-state index in [1.165, 1.54) is 0 Å². The molecule has 1 saturated heterocycles. The van der Waals surface area contributed by atoms with Crippen LogP contribution in [0.4, 0.5) is 9.18 Å². The molecule has 0 aromatic rings. The van der Waals surface area contributed by atoms with E-state index in [0.717, 1.165) is 7.11 Å². The van der Waals surface area contributed by atoms with Gasteiger partial charge in [0.05, 0.1) is 19.8 Å². The zero-order valence-electron chi connectivity index (χ0n) is 11.6. The number of rotatable bonds is 5. The number of esters is 1. The van der Waals surface area contributed by atoms with Gasteiger partial charge in [-0.2, -0.15) is 0 Å². The van der Waals surface area contributed by atoms with Crippen LogP contribution in [-0.2, 0) is 23.8 Å². The second-order valence-electron chi connectivity index (χ2n) is 4.46. The molecule has 0 aliphatic carbocycles. The molecule has 2 atom stereocenters. The van der Waals surface area contributed by atoms with Gasteiger partial charge in [0.2, 0.25) is 0 Å². The van der Waals surface area contributed by atoms with Crippen molar-refractivity contribution in [2.45, 2.75) is 38.5 Å². The molecule has 1 rings (SSSR count). The van der Waals surface area contributed by atoms with E-state index in [2.05, 4.69) is 4.74 Å². The number of ether oxygens (including phenoxy) is 3. The van der Waals surface area contributed by atoms with E-state index >= 15 is 0 Å². The Hall–Kier alpha value is -1.70. The molecule has 0 N–H and O–H groups in total. The first-order valence-electron chi connectivity index (χ1n) is 6.21. The van der Waals surface area contributed by atoms with E-state index in [1.54, 1.807) is 13.8 Å². The predicted molar refractivity (Wildman–Crippen MR) is 64.6 cm³/mol. The summed E-state index contributed by atoms with van der Waals surface area (Å²) in [5.41, 5.74) is 0. The van der Waals surface area contributed by atoms with Gasteiger partial charge in [-0.25, -0.2) is 18.9 Å². The molecule has 0 saturated carbocycles. The summed E-state index contributed by atoms with van der Waals surface area (Å²) in [5, 5.41) is 0. The number of carbonyl (C=O) groups excluding carboxylic acids is 3. The van der Waals surface area contributed by atoms with Crippen LogP contribution in [0.25, 0.3) is 0 Å². The van der Waals surface area contributed by atoms with Gasteiger partial charge in [-0.1, -0.05) is 0 Å². The minimum atomic E-state index is -1.11. The first kappa shape index (κ1) is 16.4. The molecule has 0 bridgehead atoms.